The second-order valence-electron chi connectivity index (χ2n) is 10.3. The number of likely N-dealkylation sites (tertiary alicyclic amines) is 1. The summed E-state index contributed by atoms with van der Waals surface area (Å²) in [6, 6.07) is 20.0. The number of piperidine rings is 1. The Balaban J connectivity index is 1.65. The van der Waals surface area contributed by atoms with E-state index < -0.39 is 5.54 Å². The van der Waals surface area contributed by atoms with Crippen molar-refractivity contribution in [1.82, 2.24) is 14.7 Å². The van der Waals surface area contributed by atoms with Crippen molar-refractivity contribution < 1.29 is 9.59 Å². The molecule has 0 bridgehead atoms. The highest BCUT2D eigenvalue weighted by molar-refractivity contribution is 6.07. The number of carbonyl (C=O) groups excluding carboxylic acids is 2. The quantitative estimate of drug-likeness (QED) is 0.677. The molecule has 164 valence electrons. The van der Waals surface area contributed by atoms with Gasteiger partial charge in [-0.05, 0) is 51.7 Å². The van der Waals surface area contributed by atoms with Crippen LogP contribution >= 0.6 is 0 Å². The second-order valence-corrected chi connectivity index (χ2v) is 10.3. The van der Waals surface area contributed by atoms with Gasteiger partial charge in [-0.15, -0.1) is 0 Å². The predicted molar refractivity (Wildman–Crippen MR) is 122 cm³/mol. The average molecular weight is 420 g/mol. The summed E-state index contributed by atoms with van der Waals surface area (Å²) >= 11 is 0. The molecule has 31 heavy (non-hydrogen) atoms. The van der Waals surface area contributed by atoms with Crippen LogP contribution in [0.5, 0.6) is 0 Å². The molecule has 0 aliphatic carbocycles. The standard InChI is InChI=1S/C26H33N3O2/c1-24(2)18-26(19-25(3,4)29(24)17-21-14-10-7-11-15-21)22(30)28(23(31)27(26)5)16-20-12-8-6-9-13-20/h6-15H,16-19H2,1-5H3. The zero-order chi connectivity index (χ0) is 22.4. The molecule has 2 aromatic carbocycles. The number of hydrogen-bond acceptors (Lipinski definition) is 3. The SMILES string of the molecule is CN1C(=O)N(Cc2ccccc2)C(=O)C12CC(C)(C)N(Cc1ccccc1)C(C)(C)C2. The first-order valence-corrected chi connectivity index (χ1v) is 11.0. The first kappa shape index (κ1) is 21.6. The van der Waals surface area contributed by atoms with E-state index in [1.165, 1.54) is 10.5 Å². The predicted octanol–water partition coefficient (Wildman–Crippen LogP) is 4.67. The molecule has 2 aliphatic heterocycles. The van der Waals surface area contributed by atoms with E-state index >= 15 is 0 Å². The number of imide groups is 1. The van der Waals surface area contributed by atoms with Crippen molar-refractivity contribution in [1.29, 1.82) is 0 Å². The van der Waals surface area contributed by atoms with Gasteiger partial charge in [-0.2, -0.15) is 0 Å². The van der Waals surface area contributed by atoms with Gasteiger partial charge in [0.1, 0.15) is 5.54 Å². The van der Waals surface area contributed by atoms with Gasteiger partial charge in [0.05, 0.1) is 6.54 Å². The maximum absolute atomic E-state index is 13.8. The average Bonchev–Trinajstić information content (AvgIpc) is 2.88. The lowest BCUT2D eigenvalue weighted by molar-refractivity contribution is -0.147. The molecule has 0 atom stereocenters. The number of amides is 3. The Labute approximate surface area is 185 Å². The molecule has 3 amide bonds. The van der Waals surface area contributed by atoms with Crippen LogP contribution < -0.4 is 0 Å². The lowest BCUT2D eigenvalue weighted by Crippen LogP contribution is -2.69. The molecule has 2 aromatic rings. The van der Waals surface area contributed by atoms with Gasteiger partial charge in [0.15, 0.2) is 0 Å². The van der Waals surface area contributed by atoms with E-state index in [0.717, 1.165) is 12.1 Å². The van der Waals surface area contributed by atoms with Crippen LogP contribution in [0.25, 0.3) is 0 Å². The number of benzene rings is 2. The Bertz CT molecular complexity index is 951. The van der Waals surface area contributed by atoms with Gasteiger partial charge in [0, 0.05) is 24.7 Å². The smallest absolute Gasteiger partial charge is 0.312 e. The molecule has 1 spiro atoms. The largest absolute Gasteiger partial charge is 0.327 e. The van der Waals surface area contributed by atoms with Crippen molar-refractivity contribution in [2.45, 2.75) is 70.2 Å². The molecule has 2 saturated heterocycles. The summed E-state index contributed by atoms with van der Waals surface area (Å²) in [5.74, 6) is -0.0654. The number of hydrogen-bond donors (Lipinski definition) is 0. The number of rotatable bonds is 4. The van der Waals surface area contributed by atoms with E-state index in [1.54, 1.807) is 11.9 Å². The van der Waals surface area contributed by atoms with E-state index in [1.807, 2.05) is 36.4 Å². The molecule has 2 fully saturated rings. The zero-order valence-corrected chi connectivity index (χ0v) is 19.3. The minimum absolute atomic E-state index is 0.0654. The topological polar surface area (TPSA) is 43.9 Å². The van der Waals surface area contributed by atoms with Crippen molar-refractivity contribution in [2.75, 3.05) is 7.05 Å². The first-order valence-electron chi connectivity index (χ1n) is 11.0. The molecular weight excluding hydrogens is 386 g/mol. The zero-order valence-electron chi connectivity index (χ0n) is 19.3. The van der Waals surface area contributed by atoms with Gasteiger partial charge in [-0.1, -0.05) is 60.7 Å². The van der Waals surface area contributed by atoms with Crippen LogP contribution in [0.15, 0.2) is 60.7 Å². The molecule has 5 heteroatoms. The fourth-order valence-corrected chi connectivity index (χ4v) is 5.84. The minimum atomic E-state index is -0.813. The fourth-order valence-electron chi connectivity index (χ4n) is 5.84. The Morgan fingerprint density at radius 2 is 1.19 bits per heavy atom. The van der Waals surface area contributed by atoms with E-state index in [0.29, 0.717) is 19.4 Å². The summed E-state index contributed by atoms with van der Waals surface area (Å²) in [7, 11) is 1.80. The monoisotopic (exact) mass is 419 g/mol. The lowest BCUT2D eigenvalue weighted by atomic mass is 9.68. The molecule has 5 nitrogen and oxygen atoms in total. The maximum atomic E-state index is 13.8. The van der Waals surface area contributed by atoms with Crippen LogP contribution in [0.3, 0.4) is 0 Å². The summed E-state index contributed by atoms with van der Waals surface area (Å²) in [5.41, 5.74) is 0.892. The molecule has 2 aliphatic rings. The van der Waals surface area contributed by atoms with Crippen LogP contribution in [0.1, 0.15) is 51.7 Å². The summed E-state index contributed by atoms with van der Waals surface area (Å²) in [6.07, 6.45) is 1.23. The van der Waals surface area contributed by atoms with Crippen LogP contribution in [-0.2, 0) is 17.9 Å². The molecule has 0 N–H and O–H groups in total. The molecule has 0 aromatic heterocycles. The third kappa shape index (κ3) is 3.65. The number of carbonyl (C=O) groups is 2. The molecule has 0 radical (unpaired) electrons. The van der Waals surface area contributed by atoms with Gasteiger partial charge >= 0.3 is 6.03 Å². The Morgan fingerprint density at radius 3 is 1.68 bits per heavy atom. The highest BCUT2D eigenvalue weighted by atomic mass is 16.2. The minimum Gasteiger partial charge on any atom is -0.312 e. The summed E-state index contributed by atoms with van der Waals surface area (Å²) in [4.78, 5) is 32.6. The summed E-state index contributed by atoms with van der Waals surface area (Å²) in [6.45, 7) is 9.93. The van der Waals surface area contributed by atoms with Crippen molar-refractivity contribution in [2.24, 2.45) is 0 Å². The van der Waals surface area contributed by atoms with Gasteiger partial charge in [-0.25, -0.2) is 4.79 Å². The molecule has 0 saturated carbocycles. The van der Waals surface area contributed by atoms with Crippen molar-refractivity contribution in [3.63, 3.8) is 0 Å². The van der Waals surface area contributed by atoms with E-state index in [-0.39, 0.29) is 23.0 Å². The van der Waals surface area contributed by atoms with Crippen LogP contribution in [0, 0.1) is 0 Å². The first-order chi connectivity index (χ1) is 14.6. The van der Waals surface area contributed by atoms with Gasteiger partial charge in [0.2, 0.25) is 0 Å². The number of nitrogens with zero attached hydrogens (tertiary/aromatic N) is 3. The van der Waals surface area contributed by atoms with Crippen LogP contribution in [0.4, 0.5) is 4.79 Å². The third-order valence-corrected chi connectivity index (χ3v) is 7.08. The van der Waals surface area contributed by atoms with Gasteiger partial charge in [0.25, 0.3) is 5.91 Å². The highest BCUT2D eigenvalue weighted by Crippen LogP contribution is 2.49. The molecule has 2 heterocycles. The normalized spacial score (nSPS) is 22.4. The Morgan fingerprint density at radius 1 is 0.742 bits per heavy atom. The fraction of sp³-hybridized carbons (Fsp3) is 0.462. The van der Waals surface area contributed by atoms with Gasteiger partial charge in [-0.3, -0.25) is 14.6 Å². The Kier molecular flexibility index (Phi) is 5.21. The van der Waals surface area contributed by atoms with E-state index in [2.05, 4.69) is 56.9 Å². The molecular formula is C26H33N3O2. The number of likely N-dealkylation sites (N-methyl/N-ethyl adjacent to an activating group) is 1. The lowest BCUT2D eigenvalue weighted by Gasteiger charge is -2.59. The maximum Gasteiger partial charge on any atom is 0.327 e. The van der Waals surface area contributed by atoms with E-state index in [4.69, 9.17) is 0 Å². The molecule has 0 unspecified atom stereocenters. The van der Waals surface area contributed by atoms with Gasteiger partial charge < -0.3 is 4.90 Å². The Hall–Kier alpha value is -2.66. The van der Waals surface area contributed by atoms with Crippen molar-refractivity contribution in [3.05, 3.63) is 71.8 Å². The van der Waals surface area contributed by atoms with Crippen LogP contribution in [0.2, 0.25) is 0 Å². The highest BCUT2D eigenvalue weighted by Gasteiger charge is 2.63. The third-order valence-electron chi connectivity index (χ3n) is 7.08. The number of urea groups is 1. The summed E-state index contributed by atoms with van der Waals surface area (Å²) < 4.78 is 0. The second kappa shape index (κ2) is 7.49. The van der Waals surface area contributed by atoms with Crippen molar-refractivity contribution >= 4 is 11.9 Å². The molecule has 4 rings (SSSR count). The van der Waals surface area contributed by atoms with Crippen LogP contribution in [-0.4, -0.2) is 50.3 Å². The van der Waals surface area contributed by atoms with Crippen molar-refractivity contribution in [3.8, 4) is 0 Å². The van der Waals surface area contributed by atoms with E-state index in [9.17, 15) is 9.59 Å². The summed E-state index contributed by atoms with van der Waals surface area (Å²) in [5, 5.41) is 0.